The van der Waals surface area contributed by atoms with Crippen LogP contribution < -0.4 is 0 Å². The summed E-state index contributed by atoms with van der Waals surface area (Å²) in [7, 11) is 1.32. The fraction of sp³-hybridized carbons (Fsp3) is 0.0625. The predicted octanol–water partition coefficient (Wildman–Crippen LogP) is 3.97. The molecule has 1 aromatic carbocycles. The van der Waals surface area contributed by atoms with Crippen LogP contribution in [-0.4, -0.2) is 23.8 Å². The van der Waals surface area contributed by atoms with Crippen molar-refractivity contribution in [2.75, 3.05) is 7.11 Å². The van der Waals surface area contributed by atoms with Gasteiger partial charge in [0.05, 0.1) is 11.8 Å². The molecule has 110 valence electrons. The van der Waals surface area contributed by atoms with Crippen LogP contribution in [0.2, 0.25) is 5.02 Å². The number of hydrogen-bond donors (Lipinski definition) is 0. The number of rotatable bonds is 3. The molecule has 2 aromatic heterocycles. The maximum atomic E-state index is 12.6. The second-order valence-electron chi connectivity index (χ2n) is 4.54. The zero-order valence-electron chi connectivity index (χ0n) is 11.5. The third-order valence-corrected chi connectivity index (χ3v) is 4.49. The molecule has 0 aliphatic rings. The van der Waals surface area contributed by atoms with Gasteiger partial charge in [0.2, 0.25) is 0 Å². The number of pyridine rings is 1. The van der Waals surface area contributed by atoms with Gasteiger partial charge in [0, 0.05) is 33.9 Å². The molecule has 6 heteroatoms. The maximum absolute atomic E-state index is 12.6. The first-order chi connectivity index (χ1) is 10.6. The van der Waals surface area contributed by atoms with Gasteiger partial charge in [-0.05, 0) is 30.3 Å². The zero-order valence-corrected chi connectivity index (χ0v) is 13.1. The lowest BCUT2D eigenvalue weighted by Gasteiger charge is -2.02. The highest BCUT2D eigenvalue weighted by Gasteiger charge is 2.17. The molecule has 0 atom stereocenters. The first-order valence-corrected chi connectivity index (χ1v) is 7.55. The molecule has 2 heterocycles. The summed E-state index contributed by atoms with van der Waals surface area (Å²) in [4.78, 5) is 28.8. The number of ether oxygens (including phenoxy) is 1. The minimum Gasteiger partial charge on any atom is -0.465 e. The predicted molar refractivity (Wildman–Crippen MR) is 85.8 cm³/mol. The highest BCUT2D eigenvalue weighted by Crippen LogP contribution is 2.29. The number of halogens is 1. The van der Waals surface area contributed by atoms with Crippen LogP contribution in [0.1, 0.15) is 25.6 Å². The molecular weight excluding hydrogens is 322 g/mol. The number of esters is 1. The SMILES string of the molecule is COC(=O)c1cc2c(C(=O)c3ccc(Cl)cc3)cncc2s1. The zero-order chi connectivity index (χ0) is 15.7. The fourth-order valence-corrected chi connectivity index (χ4v) is 3.20. The highest BCUT2D eigenvalue weighted by molar-refractivity contribution is 7.20. The number of benzene rings is 1. The minimum absolute atomic E-state index is 0.163. The van der Waals surface area contributed by atoms with Crippen LogP contribution in [0.4, 0.5) is 0 Å². The van der Waals surface area contributed by atoms with Gasteiger partial charge in [0.1, 0.15) is 4.88 Å². The van der Waals surface area contributed by atoms with Crippen LogP contribution >= 0.6 is 22.9 Å². The standard InChI is InChI=1S/C16H10ClNO3S/c1-21-16(20)13-6-11-12(7-18-8-14(11)22-13)15(19)9-2-4-10(17)5-3-9/h2-8H,1H3. The van der Waals surface area contributed by atoms with Crippen molar-refractivity contribution in [2.24, 2.45) is 0 Å². The molecule has 0 spiro atoms. The Morgan fingerprint density at radius 1 is 1.18 bits per heavy atom. The summed E-state index contributed by atoms with van der Waals surface area (Å²) in [6, 6.07) is 8.32. The smallest absolute Gasteiger partial charge is 0.348 e. The normalized spacial score (nSPS) is 10.6. The van der Waals surface area contributed by atoms with E-state index < -0.39 is 5.97 Å². The Kier molecular flexibility index (Phi) is 3.92. The molecule has 0 amide bonds. The van der Waals surface area contributed by atoms with Gasteiger partial charge in [-0.25, -0.2) is 4.79 Å². The highest BCUT2D eigenvalue weighted by atomic mass is 35.5. The number of aromatic nitrogens is 1. The first-order valence-electron chi connectivity index (χ1n) is 6.36. The van der Waals surface area contributed by atoms with Crippen molar-refractivity contribution < 1.29 is 14.3 Å². The summed E-state index contributed by atoms with van der Waals surface area (Å²) in [6.45, 7) is 0. The van der Waals surface area contributed by atoms with Gasteiger partial charge in [-0.1, -0.05) is 11.6 Å². The van der Waals surface area contributed by atoms with Crippen molar-refractivity contribution in [2.45, 2.75) is 0 Å². The van der Waals surface area contributed by atoms with Crippen molar-refractivity contribution in [3.05, 3.63) is 63.8 Å². The quantitative estimate of drug-likeness (QED) is 0.538. The van der Waals surface area contributed by atoms with Crippen LogP contribution in [0.5, 0.6) is 0 Å². The van der Waals surface area contributed by atoms with Gasteiger partial charge in [-0.2, -0.15) is 0 Å². The Bertz CT molecular complexity index is 871. The van der Waals surface area contributed by atoms with Gasteiger partial charge in [-0.15, -0.1) is 11.3 Å². The van der Waals surface area contributed by atoms with E-state index in [4.69, 9.17) is 16.3 Å². The van der Waals surface area contributed by atoms with E-state index in [1.807, 2.05) is 0 Å². The van der Waals surface area contributed by atoms with E-state index >= 15 is 0 Å². The Hall–Kier alpha value is -2.24. The molecule has 0 aliphatic heterocycles. The molecule has 4 nitrogen and oxygen atoms in total. The van der Waals surface area contributed by atoms with E-state index in [-0.39, 0.29) is 5.78 Å². The van der Waals surface area contributed by atoms with E-state index in [9.17, 15) is 9.59 Å². The molecule has 0 bridgehead atoms. The number of hydrogen-bond acceptors (Lipinski definition) is 5. The van der Waals surface area contributed by atoms with Crippen LogP contribution in [0, 0.1) is 0 Å². The Balaban J connectivity index is 2.10. The maximum Gasteiger partial charge on any atom is 0.348 e. The molecule has 3 aromatic rings. The van der Waals surface area contributed by atoms with Gasteiger partial charge in [0.25, 0.3) is 0 Å². The molecule has 0 aliphatic carbocycles. The number of thiophene rings is 1. The number of nitrogens with zero attached hydrogens (tertiary/aromatic N) is 1. The lowest BCUT2D eigenvalue weighted by Crippen LogP contribution is -2.02. The van der Waals surface area contributed by atoms with Gasteiger partial charge in [-0.3, -0.25) is 9.78 Å². The average Bonchev–Trinajstić information content (AvgIpc) is 2.98. The Morgan fingerprint density at radius 3 is 2.59 bits per heavy atom. The van der Waals surface area contributed by atoms with Gasteiger partial charge >= 0.3 is 5.97 Å². The molecule has 0 N–H and O–H groups in total. The van der Waals surface area contributed by atoms with E-state index in [2.05, 4.69) is 4.98 Å². The Morgan fingerprint density at radius 2 is 1.91 bits per heavy atom. The van der Waals surface area contributed by atoms with E-state index in [1.165, 1.54) is 24.6 Å². The van der Waals surface area contributed by atoms with E-state index in [0.29, 0.717) is 26.4 Å². The number of fused-ring (bicyclic) bond motifs is 1. The molecular formula is C16H10ClNO3S. The topological polar surface area (TPSA) is 56.3 Å². The molecule has 0 fully saturated rings. The largest absolute Gasteiger partial charge is 0.465 e. The summed E-state index contributed by atoms with van der Waals surface area (Å²) in [5.74, 6) is -0.588. The molecule has 0 radical (unpaired) electrons. The molecule has 3 rings (SSSR count). The lowest BCUT2D eigenvalue weighted by atomic mass is 10.0. The van der Waals surface area contributed by atoms with Crippen LogP contribution in [0.3, 0.4) is 0 Å². The lowest BCUT2D eigenvalue weighted by molar-refractivity contribution is 0.0606. The van der Waals surface area contributed by atoms with Crippen LogP contribution in [0.25, 0.3) is 10.1 Å². The van der Waals surface area contributed by atoms with Crippen molar-refractivity contribution in [3.63, 3.8) is 0 Å². The minimum atomic E-state index is -0.425. The van der Waals surface area contributed by atoms with Crippen molar-refractivity contribution in [3.8, 4) is 0 Å². The van der Waals surface area contributed by atoms with Crippen molar-refractivity contribution in [1.82, 2.24) is 4.98 Å². The number of ketones is 1. The summed E-state index contributed by atoms with van der Waals surface area (Å²) in [5, 5.41) is 1.26. The van der Waals surface area contributed by atoms with Gasteiger partial charge < -0.3 is 4.74 Å². The molecule has 0 saturated heterocycles. The number of carbonyl (C=O) groups is 2. The summed E-state index contributed by atoms with van der Waals surface area (Å²) in [6.07, 6.45) is 3.14. The summed E-state index contributed by atoms with van der Waals surface area (Å²) < 4.78 is 5.48. The van der Waals surface area contributed by atoms with E-state index in [0.717, 1.165) is 4.70 Å². The van der Waals surface area contributed by atoms with Crippen LogP contribution in [-0.2, 0) is 4.74 Å². The third-order valence-electron chi connectivity index (χ3n) is 3.18. The second-order valence-corrected chi connectivity index (χ2v) is 6.06. The average molecular weight is 332 g/mol. The number of carbonyl (C=O) groups excluding carboxylic acids is 2. The van der Waals surface area contributed by atoms with Gasteiger partial charge in [0.15, 0.2) is 5.78 Å². The fourth-order valence-electron chi connectivity index (χ4n) is 2.10. The Labute approximate surface area is 135 Å². The van der Waals surface area contributed by atoms with E-state index in [1.54, 1.807) is 36.5 Å². The molecule has 22 heavy (non-hydrogen) atoms. The first kappa shape index (κ1) is 14.7. The van der Waals surface area contributed by atoms with Crippen molar-refractivity contribution >= 4 is 44.8 Å². The third kappa shape index (κ3) is 2.61. The summed E-state index contributed by atoms with van der Waals surface area (Å²) in [5.41, 5.74) is 0.968. The van der Waals surface area contributed by atoms with Crippen molar-refractivity contribution in [1.29, 1.82) is 0 Å². The summed E-state index contributed by atoms with van der Waals surface area (Å²) >= 11 is 7.09. The number of methoxy groups -OCH3 is 1. The second kappa shape index (κ2) is 5.87. The van der Waals surface area contributed by atoms with Crippen LogP contribution in [0.15, 0.2) is 42.7 Å². The molecule has 0 unspecified atom stereocenters. The monoisotopic (exact) mass is 331 g/mol. The molecule has 0 saturated carbocycles.